The lowest BCUT2D eigenvalue weighted by molar-refractivity contribution is 0.0557. The van der Waals surface area contributed by atoms with Crippen LogP contribution in [0.25, 0.3) is 0 Å². The van der Waals surface area contributed by atoms with Crippen LogP contribution in [0.2, 0.25) is 0 Å². The highest BCUT2D eigenvalue weighted by Crippen LogP contribution is 2.11. The van der Waals surface area contributed by atoms with E-state index in [4.69, 9.17) is 15.8 Å². The summed E-state index contributed by atoms with van der Waals surface area (Å²) in [6.45, 7) is 0.297. The second kappa shape index (κ2) is 4.39. The SMILES string of the molecule is C#CCOC(=O)c1ccc2c(c1)B(O)OC2. The zero-order valence-corrected chi connectivity index (χ0v) is 8.47. The molecule has 1 aromatic rings. The van der Waals surface area contributed by atoms with Crippen LogP contribution in [-0.2, 0) is 16.0 Å². The van der Waals surface area contributed by atoms with Crippen LogP contribution in [0.15, 0.2) is 18.2 Å². The number of ether oxygens (including phenoxy) is 1. The third-order valence-electron chi connectivity index (χ3n) is 2.33. The second-order valence-electron chi connectivity index (χ2n) is 3.36. The number of rotatable bonds is 2. The lowest BCUT2D eigenvalue weighted by Gasteiger charge is -2.03. The van der Waals surface area contributed by atoms with Crippen molar-refractivity contribution in [3.05, 3.63) is 29.3 Å². The van der Waals surface area contributed by atoms with E-state index in [0.29, 0.717) is 17.6 Å². The maximum atomic E-state index is 11.5. The monoisotopic (exact) mass is 216 g/mol. The van der Waals surface area contributed by atoms with Gasteiger partial charge in [-0.2, -0.15) is 0 Å². The fourth-order valence-corrected chi connectivity index (χ4v) is 1.53. The van der Waals surface area contributed by atoms with Gasteiger partial charge in [0, 0.05) is 0 Å². The van der Waals surface area contributed by atoms with Crippen LogP contribution in [0.1, 0.15) is 15.9 Å². The minimum atomic E-state index is -0.963. The zero-order chi connectivity index (χ0) is 11.5. The molecule has 0 saturated carbocycles. The molecule has 1 heterocycles. The maximum Gasteiger partial charge on any atom is 0.491 e. The average Bonchev–Trinajstić information content (AvgIpc) is 2.67. The Kier molecular flexibility index (Phi) is 2.95. The summed E-state index contributed by atoms with van der Waals surface area (Å²) in [7, 11) is -0.963. The number of carbonyl (C=O) groups excluding carboxylic acids is 1. The van der Waals surface area contributed by atoms with E-state index in [9.17, 15) is 9.82 Å². The molecule has 80 valence electrons. The van der Waals surface area contributed by atoms with Gasteiger partial charge in [-0.25, -0.2) is 4.79 Å². The smallest absolute Gasteiger partial charge is 0.449 e. The van der Waals surface area contributed by atoms with Crippen molar-refractivity contribution in [1.82, 2.24) is 0 Å². The first-order chi connectivity index (χ1) is 7.72. The van der Waals surface area contributed by atoms with Crippen LogP contribution < -0.4 is 5.46 Å². The molecule has 1 N–H and O–H groups in total. The summed E-state index contributed by atoms with van der Waals surface area (Å²) < 4.78 is 9.78. The molecule has 0 fully saturated rings. The van der Waals surface area contributed by atoms with Gasteiger partial charge in [0.05, 0.1) is 12.2 Å². The van der Waals surface area contributed by atoms with Crippen molar-refractivity contribution in [3.8, 4) is 12.3 Å². The summed E-state index contributed by atoms with van der Waals surface area (Å²) in [6, 6.07) is 4.92. The van der Waals surface area contributed by atoms with Crippen LogP contribution in [-0.4, -0.2) is 24.7 Å². The molecule has 0 atom stereocenters. The van der Waals surface area contributed by atoms with E-state index in [0.717, 1.165) is 5.56 Å². The fourth-order valence-electron chi connectivity index (χ4n) is 1.53. The molecule has 4 nitrogen and oxygen atoms in total. The normalized spacial score (nSPS) is 13.1. The Morgan fingerprint density at radius 3 is 3.25 bits per heavy atom. The van der Waals surface area contributed by atoms with Crippen LogP contribution >= 0.6 is 0 Å². The highest BCUT2D eigenvalue weighted by molar-refractivity contribution is 6.61. The Morgan fingerprint density at radius 1 is 1.69 bits per heavy atom. The molecule has 0 spiro atoms. The summed E-state index contributed by atoms with van der Waals surface area (Å²) in [4.78, 5) is 11.5. The number of hydrogen-bond acceptors (Lipinski definition) is 4. The lowest BCUT2D eigenvalue weighted by atomic mass is 9.79. The third-order valence-corrected chi connectivity index (χ3v) is 2.33. The molecule has 0 amide bonds. The van der Waals surface area contributed by atoms with Gasteiger partial charge in [-0.3, -0.25) is 0 Å². The molecule has 1 aliphatic rings. The zero-order valence-electron chi connectivity index (χ0n) is 8.47. The molecule has 0 aliphatic carbocycles. The quantitative estimate of drug-likeness (QED) is 0.418. The Bertz CT molecular complexity index is 464. The van der Waals surface area contributed by atoms with Crippen molar-refractivity contribution < 1.29 is 19.2 Å². The van der Waals surface area contributed by atoms with E-state index in [1.807, 2.05) is 0 Å². The minimum Gasteiger partial charge on any atom is -0.449 e. The van der Waals surface area contributed by atoms with Crippen molar-refractivity contribution in [2.24, 2.45) is 0 Å². The summed E-state index contributed by atoms with van der Waals surface area (Å²) in [5.41, 5.74) is 1.84. The Hall–Kier alpha value is -1.77. The van der Waals surface area contributed by atoms with Gasteiger partial charge in [0.25, 0.3) is 0 Å². The Labute approximate surface area is 93.3 Å². The maximum absolute atomic E-state index is 11.5. The highest BCUT2D eigenvalue weighted by Gasteiger charge is 2.28. The van der Waals surface area contributed by atoms with E-state index >= 15 is 0 Å². The first kappa shape index (κ1) is 10.7. The molecular weight excluding hydrogens is 207 g/mol. The molecule has 1 aromatic carbocycles. The first-order valence-corrected chi connectivity index (χ1v) is 4.75. The van der Waals surface area contributed by atoms with Crippen LogP contribution in [0.4, 0.5) is 0 Å². The standard InChI is InChI=1S/C11H9BO4/c1-2-5-15-11(13)8-3-4-9-7-16-12(14)10(9)6-8/h1,3-4,6,14H,5,7H2. The number of carbonyl (C=O) groups is 1. The number of terminal acetylenes is 1. The number of fused-ring (bicyclic) bond motifs is 1. The lowest BCUT2D eigenvalue weighted by Crippen LogP contribution is -2.28. The van der Waals surface area contributed by atoms with Crippen molar-refractivity contribution in [1.29, 1.82) is 0 Å². The van der Waals surface area contributed by atoms with E-state index in [1.54, 1.807) is 18.2 Å². The predicted octanol–water partition coefficient (Wildman–Crippen LogP) is -0.306. The molecule has 0 saturated heterocycles. The number of esters is 1. The molecular formula is C11H9BO4. The summed E-state index contributed by atoms with van der Waals surface area (Å²) >= 11 is 0. The van der Waals surface area contributed by atoms with Crippen LogP contribution in [0, 0.1) is 12.3 Å². The minimum absolute atomic E-state index is 0.0605. The second-order valence-corrected chi connectivity index (χ2v) is 3.36. The predicted molar refractivity (Wildman–Crippen MR) is 58.0 cm³/mol. The number of hydrogen-bond donors (Lipinski definition) is 1. The third kappa shape index (κ3) is 1.94. The first-order valence-electron chi connectivity index (χ1n) is 4.75. The topological polar surface area (TPSA) is 55.8 Å². The van der Waals surface area contributed by atoms with Crippen molar-refractivity contribution in [2.45, 2.75) is 6.61 Å². The highest BCUT2D eigenvalue weighted by atomic mass is 16.5. The molecule has 0 aromatic heterocycles. The summed E-state index contributed by atoms with van der Waals surface area (Å²) in [5, 5.41) is 9.46. The van der Waals surface area contributed by atoms with Gasteiger partial charge < -0.3 is 14.4 Å². The van der Waals surface area contributed by atoms with Gasteiger partial charge in [0.1, 0.15) is 0 Å². The average molecular weight is 216 g/mol. The van der Waals surface area contributed by atoms with E-state index in [2.05, 4.69) is 5.92 Å². The number of benzene rings is 1. The van der Waals surface area contributed by atoms with Gasteiger partial charge in [0.2, 0.25) is 0 Å². The fraction of sp³-hybridized carbons (Fsp3) is 0.182. The van der Waals surface area contributed by atoms with Crippen LogP contribution in [0.5, 0.6) is 0 Å². The molecule has 1 aliphatic heterocycles. The van der Waals surface area contributed by atoms with E-state index < -0.39 is 13.1 Å². The Morgan fingerprint density at radius 2 is 2.50 bits per heavy atom. The van der Waals surface area contributed by atoms with Crippen LogP contribution in [0.3, 0.4) is 0 Å². The van der Waals surface area contributed by atoms with E-state index in [1.165, 1.54) is 0 Å². The molecule has 0 bridgehead atoms. The summed E-state index contributed by atoms with van der Waals surface area (Å²) in [5.74, 6) is 1.71. The van der Waals surface area contributed by atoms with Crippen molar-refractivity contribution in [3.63, 3.8) is 0 Å². The molecule has 5 heteroatoms. The van der Waals surface area contributed by atoms with Gasteiger partial charge in [-0.15, -0.1) is 6.42 Å². The van der Waals surface area contributed by atoms with E-state index in [-0.39, 0.29) is 6.61 Å². The molecule has 0 unspecified atom stereocenters. The van der Waals surface area contributed by atoms with Gasteiger partial charge in [-0.05, 0) is 23.2 Å². The van der Waals surface area contributed by atoms with Crippen molar-refractivity contribution >= 4 is 18.6 Å². The molecule has 0 radical (unpaired) electrons. The summed E-state index contributed by atoms with van der Waals surface area (Å²) in [6.07, 6.45) is 4.98. The van der Waals surface area contributed by atoms with Gasteiger partial charge in [0.15, 0.2) is 6.61 Å². The molecule has 16 heavy (non-hydrogen) atoms. The van der Waals surface area contributed by atoms with Gasteiger partial charge in [-0.1, -0.05) is 12.0 Å². The Balaban J connectivity index is 2.21. The van der Waals surface area contributed by atoms with Crippen molar-refractivity contribution in [2.75, 3.05) is 6.61 Å². The van der Waals surface area contributed by atoms with Gasteiger partial charge >= 0.3 is 13.1 Å². The molecule has 2 rings (SSSR count). The largest absolute Gasteiger partial charge is 0.491 e.